The van der Waals surface area contributed by atoms with Gasteiger partial charge in [0.2, 0.25) is 0 Å². The first-order chi connectivity index (χ1) is 13.6. The topological polar surface area (TPSA) is 49.1 Å². The van der Waals surface area contributed by atoms with Crippen molar-refractivity contribution in [3.8, 4) is 17.1 Å². The summed E-state index contributed by atoms with van der Waals surface area (Å²) >= 11 is 0. The molecule has 148 valence electrons. The summed E-state index contributed by atoms with van der Waals surface area (Å²) in [6, 6.07) is 12.1. The number of aliphatic hydroxyl groups excluding tert-OH is 1. The Hall–Kier alpha value is -2.41. The van der Waals surface area contributed by atoms with Crippen LogP contribution in [-0.4, -0.2) is 67.4 Å². The van der Waals surface area contributed by atoms with Crippen molar-refractivity contribution in [3.05, 3.63) is 54.5 Å². The Morgan fingerprint density at radius 3 is 2.61 bits per heavy atom. The van der Waals surface area contributed by atoms with E-state index in [1.54, 1.807) is 12.3 Å². The minimum absolute atomic E-state index is 0.259. The fourth-order valence-corrected chi connectivity index (χ4v) is 3.52. The molecule has 3 aromatic rings. The average Bonchev–Trinajstić information content (AvgIpc) is 3.11. The van der Waals surface area contributed by atoms with Gasteiger partial charge in [-0.05, 0) is 49.5 Å². The van der Waals surface area contributed by atoms with E-state index in [4.69, 9.17) is 9.15 Å². The molecule has 6 heteroatoms. The van der Waals surface area contributed by atoms with E-state index in [0.717, 1.165) is 42.5 Å². The van der Waals surface area contributed by atoms with Gasteiger partial charge in [0.25, 0.3) is 0 Å². The lowest BCUT2D eigenvalue weighted by Crippen LogP contribution is -2.47. The summed E-state index contributed by atoms with van der Waals surface area (Å²) in [7, 11) is 2.12. The number of ether oxygens (including phenoxy) is 1. The third-order valence-electron chi connectivity index (χ3n) is 5.19. The Balaban J connectivity index is 1.34. The molecule has 0 aliphatic carbocycles. The molecular weight excluding hydrogens is 359 g/mol. The van der Waals surface area contributed by atoms with Gasteiger partial charge < -0.3 is 19.2 Å². The number of halogens is 1. The van der Waals surface area contributed by atoms with Crippen LogP contribution >= 0.6 is 0 Å². The molecule has 1 atom stereocenters. The Labute approximate surface area is 163 Å². The molecule has 1 N–H and O–H groups in total. The standard InChI is InChI=1S/C22H25FN2O3/c1-24-8-10-25(11-9-24)13-19(26)15-27-20-5-2-16(3-6-20)22-21-7-4-18(23)12-17(21)14-28-22/h2-7,12,14,19,26H,8-11,13,15H2,1H3/t19-/m1/s1. The lowest BCUT2D eigenvalue weighted by atomic mass is 10.1. The molecule has 0 amide bonds. The molecule has 1 aliphatic rings. The van der Waals surface area contributed by atoms with E-state index in [1.165, 1.54) is 12.1 Å². The smallest absolute Gasteiger partial charge is 0.141 e. The SMILES string of the molecule is CN1CCN(C[C@@H](O)COc2ccc(-c3occ4cc(F)ccc34)cc2)CC1. The molecule has 0 spiro atoms. The normalized spacial score (nSPS) is 17.1. The van der Waals surface area contributed by atoms with Crippen LogP contribution in [0.15, 0.2) is 53.1 Å². The molecular formula is C22H25FN2O3. The molecule has 1 aromatic heterocycles. The molecule has 2 aromatic carbocycles. The lowest BCUT2D eigenvalue weighted by molar-refractivity contribution is 0.0505. The molecule has 4 rings (SSSR count). The largest absolute Gasteiger partial charge is 0.491 e. The second-order valence-electron chi connectivity index (χ2n) is 7.39. The van der Waals surface area contributed by atoms with Crippen molar-refractivity contribution >= 4 is 10.8 Å². The maximum atomic E-state index is 13.3. The molecule has 1 fully saturated rings. The number of β-amino-alcohol motifs (C(OH)–C–C–N with tert-alkyl or cyclic N) is 1. The van der Waals surface area contributed by atoms with Gasteiger partial charge in [-0.25, -0.2) is 4.39 Å². The number of hydrogen-bond donors (Lipinski definition) is 1. The number of furan rings is 1. The number of likely N-dealkylation sites (N-methyl/N-ethyl adjacent to an activating group) is 1. The first kappa shape index (κ1) is 18.9. The van der Waals surface area contributed by atoms with Gasteiger partial charge in [0, 0.05) is 49.1 Å². The van der Waals surface area contributed by atoms with Gasteiger partial charge in [-0.3, -0.25) is 4.90 Å². The van der Waals surface area contributed by atoms with Gasteiger partial charge in [0.15, 0.2) is 0 Å². The quantitative estimate of drug-likeness (QED) is 0.707. The van der Waals surface area contributed by atoms with Crippen molar-refractivity contribution in [1.82, 2.24) is 9.80 Å². The molecule has 0 bridgehead atoms. The lowest BCUT2D eigenvalue weighted by Gasteiger charge is -2.33. The van der Waals surface area contributed by atoms with Crippen molar-refractivity contribution < 1.29 is 18.7 Å². The van der Waals surface area contributed by atoms with Crippen molar-refractivity contribution in [2.75, 3.05) is 46.4 Å². The zero-order valence-electron chi connectivity index (χ0n) is 16.0. The van der Waals surface area contributed by atoms with Gasteiger partial charge in [-0.2, -0.15) is 0 Å². The van der Waals surface area contributed by atoms with Gasteiger partial charge in [-0.15, -0.1) is 0 Å². The minimum atomic E-state index is -0.521. The zero-order chi connectivity index (χ0) is 19.5. The van der Waals surface area contributed by atoms with Gasteiger partial charge in [0.1, 0.15) is 30.0 Å². The Morgan fingerprint density at radius 2 is 1.86 bits per heavy atom. The molecule has 28 heavy (non-hydrogen) atoms. The van der Waals surface area contributed by atoms with Crippen LogP contribution in [-0.2, 0) is 0 Å². The predicted molar refractivity (Wildman–Crippen MR) is 107 cm³/mol. The van der Waals surface area contributed by atoms with Crippen LogP contribution in [0.2, 0.25) is 0 Å². The number of rotatable bonds is 6. The summed E-state index contributed by atoms with van der Waals surface area (Å²) in [5.74, 6) is 1.12. The number of aliphatic hydroxyl groups is 1. The summed E-state index contributed by atoms with van der Waals surface area (Å²) in [4.78, 5) is 4.56. The van der Waals surface area contributed by atoms with Crippen LogP contribution in [0.25, 0.3) is 22.1 Å². The molecule has 5 nitrogen and oxygen atoms in total. The predicted octanol–water partition coefficient (Wildman–Crippen LogP) is 3.23. The van der Waals surface area contributed by atoms with Gasteiger partial charge in [0.05, 0.1) is 6.26 Å². The van der Waals surface area contributed by atoms with E-state index in [0.29, 0.717) is 18.1 Å². The van der Waals surface area contributed by atoms with Crippen molar-refractivity contribution in [1.29, 1.82) is 0 Å². The summed E-state index contributed by atoms with van der Waals surface area (Å²) in [6.07, 6.45) is 1.04. The molecule has 2 heterocycles. The van der Waals surface area contributed by atoms with Crippen molar-refractivity contribution in [3.63, 3.8) is 0 Å². The number of piperazine rings is 1. The molecule has 1 aliphatic heterocycles. The summed E-state index contributed by atoms with van der Waals surface area (Å²) < 4.78 is 24.7. The van der Waals surface area contributed by atoms with Crippen LogP contribution in [0.1, 0.15) is 0 Å². The molecule has 1 saturated heterocycles. The number of benzene rings is 2. The van der Waals surface area contributed by atoms with E-state index in [-0.39, 0.29) is 12.4 Å². The number of hydrogen-bond acceptors (Lipinski definition) is 5. The fraction of sp³-hybridized carbons (Fsp3) is 0.364. The summed E-state index contributed by atoms with van der Waals surface area (Å²) in [5.41, 5.74) is 0.895. The molecule has 0 radical (unpaired) electrons. The van der Waals surface area contributed by atoms with Crippen LogP contribution < -0.4 is 4.74 Å². The highest BCUT2D eigenvalue weighted by Gasteiger charge is 2.17. The highest BCUT2D eigenvalue weighted by molar-refractivity contribution is 5.94. The van der Waals surface area contributed by atoms with Gasteiger partial charge >= 0.3 is 0 Å². The molecule has 0 saturated carbocycles. The van der Waals surface area contributed by atoms with Crippen LogP contribution in [0.5, 0.6) is 5.75 Å². The number of fused-ring (bicyclic) bond motifs is 1. The van der Waals surface area contributed by atoms with Crippen LogP contribution in [0, 0.1) is 5.82 Å². The van der Waals surface area contributed by atoms with E-state index in [2.05, 4.69) is 16.8 Å². The highest BCUT2D eigenvalue weighted by Crippen LogP contribution is 2.31. The first-order valence-corrected chi connectivity index (χ1v) is 9.57. The maximum Gasteiger partial charge on any atom is 0.141 e. The van der Waals surface area contributed by atoms with Crippen molar-refractivity contribution in [2.45, 2.75) is 6.10 Å². The monoisotopic (exact) mass is 384 g/mol. The first-order valence-electron chi connectivity index (χ1n) is 9.57. The Morgan fingerprint density at radius 1 is 1.11 bits per heavy atom. The minimum Gasteiger partial charge on any atom is -0.491 e. The van der Waals surface area contributed by atoms with E-state index >= 15 is 0 Å². The highest BCUT2D eigenvalue weighted by atomic mass is 19.1. The third-order valence-corrected chi connectivity index (χ3v) is 5.19. The second-order valence-corrected chi connectivity index (χ2v) is 7.39. The third kappa shape index (κ3) is 4.35. The summed E-state index contributed by atoms with van der Waals surface area (Å²) in [6.45, 7) is 4.90. The Kier molecular flexibility index (Phi) is 5.62. The Bertz CT molecular complexity index is 917. The summed E-state index contributed by atoms with van der Waals surface area (Å²) in [5, 5.41) is 11.9. The fourth-order valence-electron chi connectivity index (χ4n) is 3.52. The van der Waals surface area contributed by atoms with E-state index in [1.807, 2.05) is 24.3 Å². The van der Waals surface area contributed by atoms with E-state index in [9.17, 15) is 9.50 Å². The van der Waals surface area contributed by atoms with Crippen molar-refractivity contribution in [2.24, 2.45) is 0 Å². The zero-order valence-corrected chi connectivity index (χ0v) is 16.0. The number of nitrogens with zero attached hydrogens (tertiary/aromatic N) is 2. The van der Waals surface area contributed by atoms with Crippen LogP contribution in [0.3, 0.4) is 0 Å². The van der Waals surface area contributed by atoms with Gasteiger partial charge in [-0.1, -0.05) is 0 Å². The second kappa shape index (κ2) is 8.31. The van der Waals surface area contributed by atoms with E-state index < -0.39 is 6.10 Å². The molecule has 0 unspecified atom stereocenters. The van der Waals surface area contributed by atoms with Crippen LogP contribution in [0.4, 0.5) is 4.39 Å². The average molecular weight is 384 g/mol. The maximum absolute atomic E-state index is 13.3.